The summed E-state index contributed by atoms with van der Waals surface area (Å²) in [4.78, 5) is 0.583. The van der Waals surface area contributed by atoms with Crippen molar-refractivity contribution >= 4 is 11.8 Å². The summed E-state index contributed by atoms with van der Waals surface area (Å²) in [5.74, 6) is -1.72. The molecule has 1 aliphatic heterocycles. The molecule has 0 amide bonds. The molecule has 8 heteroatoms. The summed E-state index contributed by atoms with van der Waals surface area (Å²) in [6.45, 7) is -0.654. The van der Waals surface area contributed by atoms with Crippen LogP contribution in [0.1, 0.15) is 46.6 Å². The lowest BCUT2D eigenvalue weighted by Gasteiger charge is -2.45. The van der Waals surface area contributed by atoms with Crippen LogP contribution in [-0.4, -0.2) is 62.8 Å². The predicted octanol–water partition coefficient (Wildman–Crippen LogP) is 1.37. The molecule has 1 aliphatic carbocycles. The molecule has 0 aromatic heterocycles. The molecule has 1 saturated heterocycles. The largest absolute Gasteiger partial charge is 0.394 e. The van der Waals surface area contributed by atoms with E-state index in [1.54, 1.807) is 12.3 Å². The van der Waals surface area contributed by atoms with Gasteiger partial charge in [-0.2, -0.15) is 5.26 Å². The van der Waals surface area contributed by atoms with Gasteiger partial charge in [0.25, 0.3) is 0 Å². The van der Waals surface area contributed by atoms with E-state index in [4.69, 9.17) is 4.74 Å². The Balaban J connectivity index is 1.73. The molecule has 32 heavy (non-hydrogen) atoms. The van der Waals surface area contributed by atoms with E-state index in [2.05, 4.69) is 18.2 Å². The lowest BCUT2D eigenvalue weighted by molar-refractivity contribution is -0.357. The Labute approximate surface area is 190 Å². The molecule has 2 aromatic carbocycles. The maximum atomic E-state index is 11.2. The molecule has 2 aliphatic rings. The van der Waals surface area contributed by atoms with Crippen LogP contribution in [0, 0.1) is 11.3 Å². The van der Waals surface area contributed by atoms with Crippen molar-refractivity contribution in [3.8, 4) is 6.07 Å². The Hall–Kier alpha value is -1.96. The van der Waals surface area contributed by atoms with Gasteiger partial charge in [-0.1, -0.05) is 24.3 Å². The molecule has 1 saturated carbocycles. The second-order valence-electron chi connectivity index (χ2n) is 8.48. The van der Waals surface area contributed by atoms with Gasteiger partial charge in [0.05, 0.1) is 12.2 Å². The molecule has 1 heterocycles. The van der Waals surface area contributed by atoms with Crippen LogP contribution in [-0.2, 0) is 16.9 Å². The van der Waals surface area contributed by atoms with Gasteiger partial charge in [-0.3, -0.25) is 0 Å². The maximum absolute atomic E-state index is 11.2. The fourth-order valence-electron chi connectivity index (χ4n) is 4.24. The van der Waals surface area contributed by atoms with E-state index in [9.17, 15) is 30.8 Å². The quantitative estimate of drug-likeness (QED) is 0.411. The summed E-state index contributed by atoms with van der Waals surface area (Å²) in [5, 5.41) is 61.4. The van der Waals surface area contributed by atoms with Crippen LogP contribution in [0.4, 0.5) is 0 Å². The minimum Gasteiger partial charge on any atom is -0.394 e. The summed E-state index contributed by atoms with van der Waals surface area (Å²) >= 11 is 1.31. The van der Waals surface area contributed by atoms with E-state index in [-0.39, 0.29) is 5.56 Å². The second kappa shape index (κ2) is 9.12. The van der Waals surface area contributed by atoms with Gasteiger partial charge in [0.2, 0.25) is 5.79 Å². The lowest BCUT2D eigenvalue weighted by Crippen LogP contribution is -2.63. The molecule has 170 valence electrons. The van der Waals surface area contributed by atoms with Gasteiger partial charge in [-0.25, -0.2) is 0 Å². The molecule has 2 aromatic rings. The summed E-state index contributed by atoms with van der Waals surface area (Å²) in [5.41, 5.74) is 3.54. The average Bonchev–Trinajstić information content (AvgIpc) is 3.65. The van der Waals surface area contributed by atoms with E-state index in [0.717, 1.165) is 5.56 Å². The number of hydrogen-bond acceptors (Lipinski definition) is 8. The zero-order valence-corrected chi connectivity index (χ0v) is 18.5. The van der Waals surface area contributed by atoms with Gasteiger partial charge in [0.15, 0.2) is 0 Å². The molecule has 4 rings (SSSR count). The van der Waals surface area contributed by atoms with E-state index in [0.29, 0.717) is 28.4 Å². The van der Waals surface area contributed by atoms with Crippen LogP contribution in [0.3, 0.4) is 0 Å². The molecule has 0 unspecified atom stereocenters. The second-order valence-corrected chi connectivity index (χ2v) is 9.33. The van der Waals surface area contributed by atoms with Gasteiger partial charge in [-0.15, -0.1) is 11.8 Å². The first-order chi connectivity index (χ1) is 15.3. The summed E-state index contributed by atoms with van der Waals surface area (Å²) in [6, 6.07) is 13.6. The highest BCUT2D eigenvalue weighted by Gasteiger charge is 2.53. The fraction of sp³-hybridized carbons (Fsp3) is 0.458. The van der Waals surface area contributed by atoms with E-state index in [1.165, 1.54) is 36.2 Å². The Morgan fingerprint density at radius 3 is 2.38 bits per heavy atom. The highest BCUT2D eigenvalue weighted by atomic mass is 32.2. The van der Waals surface area contributed by atoms with Crippen molar-refractivity contribution in [1.29, 1.82) is 5.26 Å². The fourth-order valence-corrected chi connectivity index (χ4v) is 4.87. The average molecular weight is 458 g/mol. The standard InChI is InChI=1S/C24H27NO6S/c1-32-20-10-17(24(30)23(29)22(28)21(27)19(12-26)31-24)9-16(18(20)11-25)8-13-2-4-14(5-3-13)15-6-7-15/h2-5,9-10,15,19,21-23,26-30H,6-8,12H2,1H3/t19-,21-,22+,23-,24-/m1/s1. The topological polar surface area (TPSA) is 134 Å². The summed E-state index contributed by atoms with van der Waals surface area (Å²) in [7, 11) is 0. The predicted molar refractivity (Wildman–Crippen MR) is 118 cm³/mol. The molecular formula is C24H27NO6S. The molecule has 5 atom stereocenters. The number of nitriles is 1. The number of rotatable bonds is 6. The van der Waals surface area contributed by atoms with E-state index in [1.807, 2.05) is 12.1 Å². The SMILES string of the molecule is CSc1cc([C@@]2(O)O[C@H](CO)[C@@H](O)[C@H](O)[C@H]2O)cc(Cc2ccc(C3CC3)cc2)c1C#N. The Bertz CT molecular complexity index is 1020. The minimum absolute atomic E-state index is 0.141. The first-order valence-corrected chi connectivity index (χ1v) is 11.8. The van der Waals surface area contributed by atoms with E-state index < -0.39 is 36.8 Å². The van der Waals surface area contributed by atoms with Crippen LogP contribution < -0.4 is 0 Å². The number of aliphatic hydroxyl groups is 5. The zero-order chi connectivity index (χ0) is 23.0. The Morgan fingerprint density at radius 1 is 1.12 bits per heavy atom. The van der Waals surface area contributed by atoms with Crippen LogP contribution in [0.2, 0.25) is 0 Å². The normalized spacial score (nSPS) is 30.2. The van der Waals surface area contributed by atoms with Crippen molar-refractivity contribution in [2.24, 2.45) is 0 Å². The third-order valence-corrected chi connectivity index (χ3v) is 7.08. The molecule has 5 N–H and O–H groups in total. The maximum Gasteiger partial charge on any atom is 0.222 e. The molecule has 0 bridgehead atoms. The number of hydrogen-bond donors (Lipinski definition) is 5. The lowest BCUT2D eigenvalue weighted by atomic mass is 9.86. The van der Waals surface area contributed by atoms with Crippen molar-refractivity contribution in [2.75, 3.05) is 12.9 Å². The molecule has 7 nitrogen and oxygen atoms in total. The van der Waals surface area contributed by atoms with E-state index >= 15 is 0 Å². The van der Waals surface area contributed by atoms with Crippen LogP contribution in [0.25, 0.3) is 0 Å². The first-order valence-electron chi connectivity index (χ1n) is 10.6. The van der Waals surface area contributed by atoms with Crippen LogP contribution in [0.5, 0.6) is 0 Å². The molecule has 0 radical (unpaired) electrons. The Kier molecular flexibility index (Phi) is 6.61. The minimum atomic E-state index is -2.37. The van der Waals surface area contributed by atoms with Crippen LogP contribution >= 0.6 is 11.8 Å². The zero-order valence-electron chi connectivity index (χ0n) is 17.7. The monoisotopic (exact) mass is 457 g/mol. The van der Waals surface area contributed by atoms with Gasteiger partial charge in [0, 0.05) is 10.5 Å². The summed E-state index contributed by atoms with van der Waals surface area (Å²) in [6.07, 6.45) is -1.77. The van der Waals surface area contributed by atoms with Gasteiger partial charge in [0.1, 0.15) is 30.5 Å². The van der Waals surface area contributed by atoms with Gasteiger partial charge >= 0.3 is 0 Å². The first kappa shape index (κ1) is 23.2. The van der Waals surface area contributed by atoms with Crippen molar-refractivity contribution < 1.29 is 30.3 Å². The highest BCUT2D eigenvalue weighted by molar-refractivity contribution is 7.98. The Morgan fingerprint density at radius 2 is 1.81 bits per heavy atom. The van der Waals surface area contributed by atoms with Gasteiger partial charge < -0.3 is 30.3 Å². The van der Waals surface area contributed by atoms with Crippen molar-refractivity contribution in [3.63, 3.8) is 0 Å². The summed E-state index contributed by atoms with van der Waals surface area (Å²) < 4.78 is 5.48. The number of benzene rings is 2. The van der Waals surface area contributed by atoms with Crippen molar-refractivity contribution in [2.45, 2.75) is 60.3 Å². The van der Waals surface area contributed by atoms with Crippen LogP contribution in [0.15, 0.2) is 41.3 Å². The van der Waals surface area contributed by atoms with Crippen molar-refractivity contribution in [3.05, 3.63) is 64.2 Å². The van der Waals surface area contributed by atoms with Gasteiger partial charge in [-0.05, 0) is 60.3 Å². The smallest absolute Gasteiger partial charge is 0.222 e. The molecule has 2 fully saturated rings. The third-order valence-electron chi connectivity index (χ3n) is 6.32. The number of nitrogens with zero attached hydrogens (tertiary/aromatic N) is 1. The number of aliphatic hydroxyl groups excluding tert-OH is 4. The van der Waals surface area contributed by atoms with Crippen molar-refractivity contribution in [1.82, 2.24) is 0 Å². The molecular weight excluding hydrogens is 430 g/mol. The number of ether oxygens (including phenoxy) is 1. The number of thioether (sulfide) groups is 1. The highest BCUT2D eigenvalue weighted by Crippen LogP contribution is 2.41. The third kappa shape index (κ3) is 4.18. The molecule has 0 spiro atoms.